The summed E-state index contributed by atoms with van der Waals surface area (Å²) < 4.78 is 17.7. The third-order valence-electron chi connectivity index (χ3n) is 3.24. The van der Waals surface area contributed by atoms with Crippen LogP contribution >= 0.6 is 11.3 Å². The molecule has 0 aliphatic heterocycles. The Morgan fingerprint density at radius 2 is 1.87 bits per heavy atom. The second-order valence-corrected chi connectivity index (χ2v) is 5.92. The third kappa shape index (κ3) is 4.29. The standard InChI is InChI=1S/C18H17FN2OS/c1-13(19)22-16-9-7-14(8-10-16)11-20-18-21-17(12-23-18)15-5-3-2-4-6-15/h2-10,12-13H,11H2,1H3,(H,20,21). The molecule has 5 heteroatoms. The van der Waals surface area contributed by atoms with Crippen LogP contribution in [0.2, 0.25) is 0 Å². The van der Waals surface area contributed by atoms with E-state index < -0.39 is 6.36 Å². The number of alkyl halides is 1. The Morgan fingerprint density at radius 1 is 1.13 bits per heavy atom. The highest BCUT2D eigenvalue weighted by Gasteiger charge is 2.04. The molecule has 1 heterocycles. The highest BCUT2D eigenvalue weighted by atomic mass is 32.1. The summed E-state index contributed by atoms with van der Waals surface area (Å²) >= 11 is 1.58. The van der Waals surface area contributed by atoms with E-state index >= 15 is 0 Å². The Bertz CT molecular complexity index is 741. The number of anilines is 1. The lowest BCUT2D eigenvalue weighted by atomic mass is 10.2. The zero-order chi connectivity index (χ0) is 16.1. The molecule has 0 saturated carbocycles. The molecule has 3 aromatic rings. The lowest BCUT2D eigenvalue weighted by Gasteiger charge is -2.08. The first kappa shape index (κ1) is 15.5. The summed E-state index contributed by atoms with van der Waals surface area (Å²) in [4.78, 5) is 4.59. The average molecular weight is 328 g/mol. The van der Waals surface area contributed by atoms with E-state index in [0.717, 1.165) is 22.0 Å². The van der Waals surface area contributed by atoms with Crippen molar-refractivity contribution in [2.45, 2.75) is 19.8 Å². The van der Waals surface area contributed by atoms with E-state index in [0.29, 0.717) is 12.3 Å². The molecule has 2 aromatic carbocycles. The molecule has 23 heavy (non-hydrogen) atoms. The van der Waals surface area contributed by atoms with Gasteiger partial charge in [-0.15, -0.1) is 11.3 Å². The summed E-state index contributed by atoms with van der Waals surface area (Å²) in [6, 6.07) is 17.5. The summed E-state index contributed by atoms with van der Waals surface area (Å²) in [5.74, 6) is 0.532. The number of nitrogens with one attached hydrogen (secondary N) is 1. The summed E-state index contributed by atoms with van der Waals surface area (Å²) in [5, 5.41) is 6.22. The van der Waals surface area contributed by atoms with Crippen LogP contribution in [0.3, 0.4) is 0 Å². The van der Waals surface area contributed by atoms with Crippen LogP contribution in [-0.4, -0.2) is 11.3 Å². The topological polar surface area (TPSA) is 34.1 Å². The Hall–Kier alpha value is -2.40. The molecule has 1 unspecified atom stereocenters. The van der Waals surface area contributed by atoms with Crippen LogP contribution in [0.15, 0.2) is 60.0 Å². The molecule has 118 valence electrons. The molecule has 0 radical (unpaired) electrons. The Morgan fingerprint density at radius 3 is 2.57 bits per heavy atom. The quantitative estimate of drug-likeness (QED) is 0.682. The van der Waals surface area contributed by atoms with E-state index in [4.69, 9.17) is 4.74 Å². The largest absolute Gasteiger partial charge is 0.461 e. The molecular formula is C18H17FN2OS. The molecule has 0 amide bonds. The van der Waals surface area contributed by atoms with Crippen molar-refractivity contribution >= 4 is 16.5 Å². The molecular weight excluding hydrogens is 311 g/mol. The fourth-order valence-electron chi connectivity index (χ4n) is 2.15. The van der Waals surface area contributed by atoms with Crippen LogP contribution in [0.4, 0.5) is 9.52 Å². The Balaban J connectivity index is 1.59. The van der Waals surface area contributed by atoms with Gasteiger partial charge in [0.1, 0.15) is 5.75 Å². The smallest absolute Gasteiger partial charge is 0.235 e. The predicted octanol–water partition coefficient (Wildman–Crippen LogP) is 5.12. The van der Waals surface area contributed by atoms with Crippen LogP contribution in [-0.2, 0) is 6.54 Å². The maximum Gasteiger partial charge on any atom is 0.235 e. The van der Waals surface area contributed by atoms with Crippen LogP contribution < -0.4 is 10.1 Å². The van der Waals surface area contributed by atoms with Crippen molar-refractivity contribution in [1.82, 2.24) is 4.98 Å². The van der Waals surface area contributed by atoms with Crippen molar-refractivity contribution in [2.75, 3.05) is 5.32 Å². The minimum atomic E-state index is -1.30. The molecule has 0 fully saturated rings. The second-order valence-electron chi connectivity index (χ2n) is 5.06. The minimum absolute atomic E-state index is 0.532. The zero-order valence-electron chi connectivity index (χ0n) is 12.7. The SMILES string of the molecule is CC(F)Oc1ccc(CNc2nc(-c3ccccc3)cs2)cc1. The van der Waals surface area contributed by atoms with E-state index in [2.05, 4.69) is 10.3 Å². The Kier molecular flexibility index (Phi) is 4.88. The maximum atomic E-state index is 12.8. The monoisotopic (exact) mass is 328 g/mol. The number of nitrogens with zero attached hydrogens (tertiary/aromatic N) is 1. The fraction of sp³-hybridized carbons (Fsp3) is 0.167. The van der Waals surface area contributed by atoms with Gasteiger partial charge in [-0.3, -0.25) is 0 Å². The van der Waals surface area contributed by atoms with E-state index in [1.54, 1.807) is 23.5 Å². The molecule has 1 aromatic heterocycles. The van der Waals surface area contributed by atoms with E-state index in [1.165, 1.54) is 6.92 Å². The van der Waals surface area contributed by atoms with Crippen LogP contribution in [0.25, 0.3) is 11.3 Å². The number of aromatic nitrogens is 1. The normalized spacial score (nSPS) is 11.9. The highest BCUT2D eigenvalue weighted by Crippen LogP contribution is 2.25. The highest BCUT2D eigenvalue weighted by molar-refractivity contribution is 7.14. The zero-order valence-corrected chi connectivity index (χ0v) is 13.5. The van der Waals surface area contributed by atoms with E-state index in [-0.39, 0.29) is 0 Å². The lowest BCUT2D eigenvalue weighted by Crippen LogP contribution is -2.04. The summed E-state index contributed by atoms with van der Waals surface area (Å²) in [5.41, 5.74) is 3.16. The molecule has 0 saturated heterocycles. The fourth-order valence-corrected chi connectivity index (χ4v) is 2.87. The van der Waals surface area contributed by atoms with Gasteiger partial charge in [0.05, 0.1) is 5.69 Å². The predicted molar refractivity (Wildman–Crippen MR) is 92.5 cm³/mol. The average Bonchev–Trinajstić information content (AvgIpc) is 3.04. The minimum Gasteiger partial charge on any atom is -0.461 e. The first-order valence-corrected chi connectivity index (χ1v) is 8.23. The molecule has 1 atom stereocenters. The molecule has 0 spiro atoms. The summed E-state index contributed by atoms with van der Waals surface area (Å²) in [6.45, 7) is 2.02. The van der Waals surface area contributed by atoms with Gasteiger partial charge >= 0.3 is 0 Å². The molecule has 3 rings (SSSR count). The van der Waals surface area contributed by atoms with E-state index in [1.807, 2.05) is 47.8 Å². The summed E-state index contributed by atoms with van der Waals surface area (Å²) in [7, 11) is 0. The van der Waals surface area contributed by atoms with Gasteiger partial charge in [0.25, 0.3) is 0 Å². The van der Waals surface area contributed by atoms with Crippen molar-refractivity contribution in [3.8, 4) is 17.0 Å². The van der Waals surface area contributed by atoms with Gasteiger partial charge in [-0.05, 0) is 17.7 Å². The van der Waals surface area contributed by atoms with Gasteiger partial charge in [0, 0.05) is 24.4 Å². The van der Waals surface area contributed by atoms with Crippen LogP contribution in [0.5, 0.6) is 5.75 Å². The van der Waals surface area contributed by atoms with Crippen LogP contribution in [0.1, 0.15) is 12.5 Å². The number of benzene rings is 2. The van der Waals surface area contributed by atoms with Gasteiger partial charge in [-0.25, -0.2) is 9.37 Å². The number of rotatable bonds is 6. The molecule has 0 aliphatic rings. The van der Waals surface area contributed by atoms with Gasteiger partial charge in [0.2, 0.25) is 6.36 Å². The van der Waals surface area contributed by atoms with Crippen molar-refractivity contribution in [3.63, 3.8) is 0 Å². The van der Waals surface area contributed by atoms with Crippen molar-refractivity contribution in [3.05, 3.63) is 65.5 Å². The molecule has 0 bridgehead atoms. The van der Waals surface area contributed by atoms with Crippen molar-refractivity contribution < 1.29 is 9.13 Å². The van der Waals surface area contributed by atoms with Gasteiger partial charge < -0.3 is 10.1 Å². The first-order chi connectivity index (χ1) is 11.2. The number of hydrogen-bond acceptors (Lipinski definition) is 4. The summed E-state index contributed by atoms with van der Waals surface area (Å²) in [6.07, 6.45) is -1.30. The molecule has 3 nitrogen and oxygen atoms in total. The second kappa shape index (κ2) is 7.24. The van der Waals surface area contributed by atoms with E-state index in [9.17, 15) is 4.39 Å². The van der Waals surface area contributed by atoms with Gasteiger partial charge in [-0.2, -0.15) is 0 Å². The Labute approximate surface area is 138 Å². The maximum absolute atomic E-state index is 12.8. The van der Waals surface area contributed by atoms with Gasteiger partial charge in [-0.1, -0.05) is 42.5 Å². The number of hydrogen-bond donors (Lipinski definition) is 1. The van der Waals surface area contributed by atoms with Gasteiger partial charge in [0.15, 0.2) is 5.13 Å². The number of thiazole rings is 1. The number of halogens is 1. The molecule has 0 aliphatic carbocycles. The van der Waals surface area contributed by atoms with Crippen molar-refractivity contribution in [1.29, 1.82) is 0 Å². The van der Waals surface area contributed by atoms with Crippen LogP contribution in [0, 0.1) is 0 Å². The number of ether oxygens (including phenoxy) is 1. The molecule has 1 N–H and O–H groups in total. The lowest BCUT2D eigenvalue weighted by molar-refractivity contribution is 0.0860. The van der Waals surface area contributed by atoms with Crippen molar-refractivity contribution in [2.24, 2.45) is 0 Å². The first-order valence-electron chi connectivity index (χ1n) is 7.35. The third-order valence-corrected chi connectivity index (χ3v) is 4.04.